The third-order valence-corrected chi connectivity index (χ3v) is 4.72. The van der Waals surface area contributed by atoms with Crippen LogP contribution in [0, 0.1) is 11.7 Å². The van der Waals surface area contributed by atoms with Crippen LogP contribution in [-0.2, 0) is 0 Å². The summed E-state index contributed by atoms with van der Waals surface area (Å²) in [6.45, 7) is 7.54. The predicted octanol–water partition coefficient (Wildman–Crippen LogP) is 3.61. The topological polar surface area (TPSA) is 12.0 Å². The highest BCUT2D eigenvalue weighted by Crippen LogP contribution is 2.44. The van der Waals surface area contributed by atoms with Crippen LogP contribution >= 0.6 is 11.8 Å². The summed E-state index contributed by atoms with van der Waals surface area (Å²) in [6, 6.07) is 5.50. The van der Waals surface area contributed by atoms with Crippen LogP contribution in [0.4, 0.5) is 4.39 Å². The summed E-state index contributed by atoms with van der Waals surface area (Å²) in [5, 5.41) is 4.03. The van der Waals surface area contributed by atoms with E-state index in [9.17, 15) is 4.39 Å². The molecule has 1 heterocycles. The molecule has 1 N–H and O–H groups in total. The number of rotatable bonds is 2. The zero-order valence-electron chi connectivity index (χ0n) is 9.96. The molecule has 0 saturated carbocycles. The van der Waals surface area contributed by atoms with Gasteiger partial charge < -0.3 is 5.32 Å². The van der Waals surface area contributed by atoms with Crippen molar-refractivity contribution in [2.24, 2.45) is 5.92 Å². The summed E-state index contributed by atoms with van der Waals surface area (Å²) < 4.78 is 13.2. The van der Waals surface area contributed by atoms with E-state index in [2.05, 4.69) is 26.1 Å². The molecule has 0 aliphatic carbocycles. The Labute approximate surface area is 101 Å². The van der Waals surface area contributed by atoms with E-state index in [4.69, 9.17) is 0 Å². The molecule has 0 saturated heterocycles. The Morgan fingerprint density at radius 3 is 2.81 bits per heavy atom. The molecule has 0 fully saturated rings. The molecule has 3 atom stereocenters. The number of nitrogens with one attached hydrogen (secondary N) is 1. The summed E-state index contributed by atoms with van der Waals surface area (Å²) in [5.41, 5.74) is 1.25. The molecule has 3 unspecified atom stereocenters. The molecular weight excluding hydrogens is 221 g/mol. The lowest BCUT2D eigenvalue weighted by Crippen LogP contribution is -2.34. The van der Waals surface area contributed by atoms with Gasteiger partial charge in [-0.3, -0.25) is 0 Å². The van der Waals surface area contributed by atoms with Crippen LogP contribution in [0.5, 0.6) is 0 Å². The van der Waals surface area contributed by atoms with Gasteiger partial charge in [-0.2, -0.15) is 0 Å². The first-order chi connectivity index (χ1) is 7.63. The fraction of sp³-hybridized carbons (Fsp3) is 0.538. The number of fused-ring (bicyclic) bond motifs is 1. The van der Waals surface area contributed by atoms with Gasteiger partial charge in [0.2, 0.25) is 0 Å². The van der Waals surface area contributed by atoms with Crippen molar-refractivity contribution in [3.05, 3.63) is 29.6 Å². The summed E-state index contributed by atoms with van der Waals surface area (Å²) in [7, 11) is 0. The summed E-state index contributed by atoms with van der Waals surface area (Å²) in [6.07, 6.45) is 0. The van der Waals surface area contributed by atoms with Crippen LogP contribution in [0.3, 0.4) is 0 Å². The van der Waals surface area contributed by atoms with E-state index in [1.807, 2.05) is 6.07 Å². The Morgan fingerprint density at radius 2 is 2.12 bits per heavy atom. The molecule has 3 heteroatoms. The fourth-order valence-electron chi connectivity index (χ4n) is 2.24. The molecule has 0 amide bonds. The molecule has 0 bridgehead atoms. The van der Waals surface area contributed by atoms with E-state index >= 15 is 0 Å². The summed E-state index contributed by atoms with van der Waals surface area (Å²) in [4.78, 5) is 1.09. The van der Waals surface area contributed by atoms with E-state index in [0.29, 0.717) is 17.2 Å². The highest BCUT2D eigenvalue weighted by atomic mass is 32.2. The number of benzene rings is 1. The van der Waals surface area contributed by atoms with Gasteiger partial charge in [0.05, 0.1) is 0 Å². The van der Waals surface area contributed by atoms with Crippen LogP contribution in [0.15, 0.2) is 23.1 Å². The molecule has 1 aliphatic rings. The Kier molecular flexibility index (Phi) is 3.55. The van der Waals surface area contributed by atoms with Gasteiger partial charge in [-0.25, -0.2) is 4.39 Å². The van der Waals surface area contributed by atoms with Gasteiger partial charge in [-0.15, -0.1) is 11.8 Å². The first-order valence-electron chi connectivity index (χ1n) is 5.83. The smallest absolute Gasteiger partial charge is 0.124 e. The van der Waals surface area contributed by atoms with Gasteiger partial charge in [0.1, 0.15) is 5.82 Å². The number of hydrogen-bond acceptors (Lipinski definition) is 2. The maximum atomic E-state index is 13.2. The van der Waals surface area contributed by atoms with Gasteiger partial charge in [-0.1, -0.05) is 26.8 Å². The number of halogens is 1. The average Bonchev–Trinajstić information content (AvgIpc) is 2.24. The zero-order valence-corrected chi connectivity index (χ0v) is 10.8. The van der Waals surface area contributed by atoms with Gasteiger partial charge in [0.25, 0.3) is 0 Å². The molecule has 1 nitrogen and oxygen atoms in total. The van der Waals surface area contributed by atoms with Crippen molar-refractivity contribution in [3.63, 3.8) is 0 Å². The molecule has 88 valence electrons. The summed E-state index contributed by atoms with van der Waals surface area (Å²) >= 11 is 1.78. The average molecular weight is 239 g/mol. The van der Waals surface area contributed by atoms with E-state index < -0.39 is 0 Å². The molecule has 1 aliphatic heterocycles. The van der Waals surface area contributed by atoms with E-state index in [1.54, 1.807) is 23.9 Å². The normalized spacial score (nSPS) is 28.9. The second-order valence-electron chi connectivity index (χ2n) is 4.40. The molecule has 2 rings (SSSR count). The van der Waals surface area contributed by atoms with Crippen LogP contribution < -0.4 is 5.32 Å². The largest absolute Gasteiger partial charge is 0.310 e. The van der Waals surface area contributed by atoms with Crippen molar-refractivity contribution in [1.29, 1.82) is 0 Å². The van der Waals surface area contributed by atoms with E-state index in [0.717, 1.165) is 11.4 Å². The van der Waals surface area contributed by atoms with Gasteiger partial charge in [0.15, 0.2) is 0 Å². The molecule has 0 spiro atoms. The first-order valence-corrected chi connectivity index (χ1v) is 6.71. The van der Waals surface area contributed by atoms with Crippen molar-refractivity contribution >= 4 is 11.8 Å². The minimum atomic E-state index is -0.136. The maximum Gasteiger partial charge on any atom is 0.124 e. The van der Waals surface area contributed by atoms with Crippen molar-refractivity contribution < 1.29 is 4.39 Å². The van der Waals surface area contributed by atoms with Crippen LogP contribution in [0.2, 0.25) is 0 Å². The minimum absolute atomic E-state index is 0.136. The first kappa shape index (κ1) is 11.9. The van der Waals surface area contributed by atoms with Gasteiger partial charge in [-0.05, 0) is 30.2 Å². The highest BCUT2D eigenvalue weighted by molar-refractivity contribution is 8.00. The van der Waals surface area contributed by atoms with Crippen molar-refractivity contribution in [2.45, 2.75) is 37.0 Å². The molecule has 0 aromatic heterocycles. The second-order valence-corrected chi connectivity index (χ2v) is 5.82. The van der Waals surface area contributed by atoms with Crippen molar-refractivity contribution in [2.75, 3.05) is 6.54 Å². The third-order valence-electron chi connectivity index (χ3n) is 3.31. The van der Waals surface area contributed by atoms with Crippen molar-refractivity contribution in [1.82, 2.24) is 5.32 Å². The maximum absolute atomic E-state index is 13.2. The lowest BCUT2D eigenvalue weighted by molar-refractivity contribution is 0.379. The monoisotopic (exact) mass is 239 g/mol. The third kappa shape index (κ3) is 2.11. The molecule has 1 aromatic carbocycles. The van der Waals surface area contributed by atoms with E-state index in [-0.39, 0.29) is 5.82 Å². The number of thioether (sulfide) groups is 1. The fourth-order valence-corrected chi connectivity index (χ4v) is 3.53. The predicted molar refractivity (Wildman–Crippen MR) is 67.3 cm³/mol. The molecule has 16 heavy (non-hydrogen) atoms. The SMILES string of the molecule is CCNC1c2ccc(F)cc2SC(C)C1C. The Hall–Kier alpha value is -0.540. The lowest BCUT2D eigenvalue weighted by atomic mass is 9.91. The molecule has 1 aromatic rings. The second kappa shape index (κ2) is 4.76. The standard InChI is InChI=1S/C13H18FNS/c1-4-15-13-8(2)9(3)16-12-7-10(14)5-6-11(12)13/h5-9,13,15H,4H2,1-3H3. The van der Waals surface area contributed by atoms with Crippen LogP contribution in [-0.4, -0.2) is 11.8 Å². The lowest BCUT2D eigenvalue weighted by Gasteiger charge is -2.36. The Morgan fingerprint density at radius 1 is 1.38 bits per heavy atom. The molecule has 0 radical (unpaired) electrons. The van der Waals surface area contributed by atoms with Crippen LogP contribution in [0.25, 0.3) is 0 Å². The quantitative estimate of drug-likeness (QED) is 0.846. The summed E-state index contributed by atoms with van der Waals surface area (Å²) in [5.74, 6) is 0.436. The Balaban J connectivity index is 2.39. The van der Waals surface area contributed by atoms with Gasteiger partial charge >= 0.3 is 0 Å². The Bertz CT molecular complexity index is 380. The highest BCUT2D eigenvalue weighted by Gasteiger charge is 2.31. The van der Waals surface area contributed by atoms with Gasteiger partial charge in [0, 0.05) is 16.2 Å². The number of hydrogen-bond donors (Lipinski definition) is 1. The van der Waals surface area contributed by atoms with Crippen molar-refractivity contribution in [3.8, 4) is 0 Å². The molecular formula is C13H18FNS. The minimum Gasteiger partial charge on any atom is -0.310 e. The van der Waals surface area contributed by atoms with Crippen LogP contribution in [0.1, 0.15) is 32.4 Å². The zero-order chi connectivity index (χ0) is 11.7. The van der Waals surface area contributed by atoms with E-state index in [1.165, 1.54) is 5.56 Å².